The van der Waals surface area contributed by atoms with Crippen molar-refractivity contribution >= 4 is 35.5 Å². The molecule has 142 valence electrons. The molecule has 0 spiro atoms. The highest BCUT2D eigenvalue weighted by Crippen LogP contribution is 2.37. The summed E-state index contributed by atoms with van der Waals surface area (Å²) in [5, 5.41) is 9.67. The van der Waals surface area contributed by atoms with E-state index in [1.165, 1.54) is 6.07 Å². The first-order valence-electron chi connectivity index (χ1n) is 7.86. The van der Waals surface area contributed by atoms with Crippen molar-refractivity contribution in [1.29, 1.82) is 0 Å². The topological polar surface area (TPSA) is 91.3 Å². The molecule has 2 aromatic carbocycles. The van der Waals surface area contributed by atoms with Gasteiger partial charge in [0.15, 0.2) is 29.3 Å². The van der Waals surface area contributed by atoms with Crippen molar-refractivity contribution in [1.82, 2.24) is 0 Å². The minimum absolute atomic E-state index is 0.0344. The SMILES string of the molecule is O=C(O)c1cc(Cl)cc2c1OCCO2.O=Cc1cc(Cl)cc2c1OCCO2. The van der Waals surface area contributed by atoms with E-state index < -0.39 is 5.97 Å². The van der Waals surface area contributed by atoms with Gasteiger partial charge < -0.3 is 24.1 Å². The summed E-state index contributed by atoms with van der Waals surface area (Å²) in [6, 6.07) is 6.09. The van der Waals surface area contributed by atoms with E-state index in [0.717, 1.165) is 0 Å². The fourth-order valence-corrected chi connectivity index (χ4v) is 2.94. The number of fused-ring (bicyclic) bond motifs is 2. The lowest BCUT2D eigenvalue weighted by Gasteiger charge is -2.19. The van der Waals surface area contributed by atoms with Crippen molar-refractivity contribution in [3.8, 4) is 23.0 Å². The van der Waals surface area contributed by atoms with Gasteiger partial charge in [0.25, 0.3) is 0 Å². The van der Waals surface area contributed by atoms with Crippen LogP contribution in [0.2, 0.25) is 10.0 Å². The molecule has 7 nitrogen and oxygen atoms in total. The summed E-state index contributed by atoms with van der Waals surface area (Å²) in [4.78, 5) is 21.5. The molecule has 0 atom stereocenters. The van der Waals surface area contributed by atoms with Crippen LogP contribution < -0.4 is 18.9 Å². The molecule has 2 aliphatic rings. The lowest BCUT2D eigenvalue weighted by molar-refractivity contribution is 0.0686. The highest BCUT2D eigenvalue weighted by molar-refractivity contribution is 6.31. The summed E-state index contributed by atoms with van der Waals surface area (Å²) < 4.78 is 21.0. The standard InChI is InChI=1S/C9H7ClO4.C9H7ClO3/c10-5-3-6(9(11)12)8-7(4-5)13-1-2-14-8;10-7-3-6(5-11)9-8(4-7)12-1-2-13-9/h3-4H,1-2H2,(H,11,12);3-5H,1-2H2. The molecule has 0 radical (unpaired) electrons. The Hall–Kier alpha value is -2.64. The Labute approximate surface area is 164 Å². The number of rotatable bonds is 2. The van der Waals surface area contributed by atoms with Crippen LogP contribution in [0.15, 0.2) is 24.3 Å². The summed E-state index contributed by atoms with van der Waals surface area (Å²) in [6.07, 6.45) is 0.708. The van der Waals surface area contributed by atoms with Gasteiger partial charge in [-0.2, -0.15) is 0 Å². The van der Waals surface area contributed by atoms with Crippen LogP contribution in [0.25, 0.3) is 0 Å². The number of ether oxygens (including phenoxy) is 4. The monoisotopic (exact) mass is 412 g/mol. The largest absolute Gasteiger partial charge is 0.486 e. The Morgan fingerprint density at radius 1 is 0.852 bits per heavy atom. The zero-order chi connectivity index (χ0) is 19.4. The van der Waals surface area contributed by atoms with Gasteiger partial charge in [0.05, 0.1) is 5.56 Å². The molecular formula is C18H14Cl2O7. The van der Waals surface area contributed by atoms with E-state index in [1.807, 2.05) is 0 Å². The zero-order valence-corrected chi connectivity index (χ0v) is 15.4. The molecule has 2 aliphatic heterocycles. The number of hydrogen-bond donors (Lipinski definition) is 1. The molecule has 27 heavy (non-hydrogen) atoms. The van der Waals surface area contributed by atoms with Gasteiger partial charge in [-0.3, -0.25) is 4.79 Å². The molecule has 4 rings (SSSR count). The second-order valence-electron chi connectivity index (χ2n) is 5.42. The van der Waals surface area contributed by atoms with Gasteiger partial charge in [-0.15, -0.1) is 0 Å². The zero-order valence-electron chi connectivity index (χ0n) is 13.9. The lowest BCUT2D eigenvalue weighted by Crippen LogP contribution is -2.17. The van der Waals surface area contributed by atoms with E-state index in [9.17, 15) is 9.59 Å². The third kappa shape index (κ3) is 4.37. The Morgan fingerprint density at radius 3 is 1.96 bits per heavy atom. The molecular weight excluding hydrogens is 399 g/mol. The summed E-state index contributed by atoms with van der Waals surface area (Å²) in [5.74, 6) is 0.607. The van der Waals surface area contributed by atoms with Gasteiger partial charge in [-0.25, -0.2) is 4.79 Å². The van der Waals surface area contributed by atoms with Crippen molar-refractivity contribution in [3.63, 3.8) is 0 Å². The summed E-state index contributed by atoms with van der Waals surface area (Å²) in [5.41, 5.74) is 0.467. The van der Waals surface area contributed by atoms with Crippen LogP contribution in [0.1, 0.15) is 20.7 Å². The van der Waals surface area contributed by atoms with Gasteiger partial charge in [-0.05, 0) is 12.1 Å². The predicted molar refractivity (Wildman–Crippen MR) is 97.2 cm³/mol. The first kappa shape index (κ1) is 19.1. The molecule has 2 heterocycles. The Bertz CT molecular complexity index is 882. The minimum atomic E-state index is -1.07. The molecule has 0 unspecified atom stereocenters. The van der Waals surface area contributed by atoms with E-state index >= 15 is 0 Å². The summed E-state index contributed by atoms with van der Waals surface area (Å²) in [7, 11) is 0. The number of carbonyl (C=O) groups excluding carboxylic acids is 1. The molecule has 0 amide bonds. The Morgan fingerprint density at radius 2 is 1.37 bits per heavy atom. The number of benzene rings is 2. The average Bonchev–Trinajstić information content (AvgIpc) is 2.67. The molecule has 0 bridgehead atoms. The molecule has 9 heteroatoms. The van der Waals surface area contributed by atoms with E-state index in [1.54, 1.807) is 18.2 Å². The van der Waals surface area contributed by atoms with Crippen molar-refractivity contribution in [2.75, 3.05) is 26.4 Å². The first-order valence-corrected chi connectivity index (χ1v) is 8.62. The third-order valence-corrected chi connectivity index (χ3v) is 4.04. The average molecular weight is 413 g/mol. The summed E-state index contributed by atoms with van der Waals surface area (Å²) >= 11 is 11.5. The lowest BCUT2D eigenvalue weighted by atomic mass is 10.2. The van der Waals surface area contributed by atoms with E-state index in [-0.39, 0.29) is 11.3 Å². The fraction of sp³-hybridized carbons (Fsp3) is 0.222. The molecule has 0 aromatic heterocycles. The Kier molecular flexibility index (Phi) is 5.93. The predicted octanol–water partition coefficient (Wildman–Crippen LogP) is 3.73. The molecule has 0 saturated carbocycles. The molecule has 1 N–H and O–H groups in total. The number of carbonyl (C=O) groups is 2. The number of hydrogen-bond acceptors (Lipinski definition) is 6. The molecule has 0 saturated heterocycles. The Balaban J connectivity index is 0.000000156. The van der Waals surface area contributed by atoms with Crippen LogP contribution in [0.5, 0.6) is 23.0 Å². The van der Waals surface area contributed by atoms with E-state index in [4.69, 9.17) is 47.3 Å². The maximum absolute atomic E-state index is 10.8. The smallest absolute Gasteiger partial charge is 0.339 e. The molecule has 2 aromatic rings. The highest BCUT2D eigenvalue weighted by atomic mass is 35.5. The maximum atomic E-state index is 10.8. The number of aromatic carboxylic acids is 1. The molecule has 0 fully saturated rings. The van der Waals surface area contributed by atoms with Crippen molar-refractivity contribution < 1.29 is 33.6 Å². The number of halogens is 2. The van der Waals surface area contributed by atoms with Gasteiger partial charge in [0.2, 0.25) is 0 Å². The van der Waals surface area contributed by atoms with Gasteiger partial charge >= 0.3 is 5.97 Å². The molecule has 0 aliphatic carbocycles. The van der Waals surface area contributed by atoms with Crippen LogP contribution in [0.3, 0.4) is 0 Å². The number of carboxylic acid groups (broad SMARTS) is 1. The quantitative estimate of drug-likeness (QED) is 0.751. The second kappa shape index (κ2) is 8.37. The van der Waals surface area contributed by atoms with Crippen molar-refractivity contribution in [2.24, 2.45) is 0 Å². The van der Waals surface area contributed by atoms with E-state index in [2.05, 4.69) is 0 Å². The van der Waals surface area contributed by atoms with Crippen LogP contribution in [-0.4, -0.2) is 43.8 Å². The van der Waals surface area contributed by atoms with Crippen LogP contribution in [-0.2, 0) is 0 Å². The maximum Gasteiger partial charge on any atom is 0.339 e. The highest BCUT2D eigenvalue weighted by Gasteiger charge is 2.21. The number of carboxylic acids is 1. The fourth-order valence-electron chi connectivity index (χ4n) is 2.51. The second-order valence-corrected chi connectivity index (χ2v) is 6.29. The van der Waals surface area contributed by atoms with Gasteiger partial charge in [0.1, 0.15) is 32.0 Å². The summed E-state index contributed by atoms with van der Waals surface area (Å²) in [6.45, 7) is 1.72. The van der Waals surface area contributed by atoms with Crippen molar-refractivity contribution in [3.05, 3.63) is 45.4 Å². The van der Waals surface area contributed by atoms with Gasteiger partial charge in [0, 0.05) is 22.2 Å². The van der Waals surface area contributed by atoms with Crippen LogP contribution in [0.4, 0.5) is 0 Å². The van der Waals surface area contributed by atoms with Crippen LogP contribution >= 0.6 is 23.2 Å². The van der Waals surface area contributed by atoms with Gasteiger partial charge in [-0.1, -0.05) is 23.2 Å². The number of aldehydes is 1. The third-order valence-electron chi connectivity index (χ3n) is 3.60. The normalized spacial score (nSPS) is 13.9. The first-order chi connectivity index (χ1) is 13.0. The minimum Gasteiger partial charge on any atom is -0.486 e. The van der Waals surface area contributed by atoms with E-state index in [0.29, 0.717) is 65.6 Å². The van der Waals surface area contributed by atoms with Crippen LogP contribution in [0, 0.1) is 0 Å². The van der Waals surface area contributed by atoms with Crippen molar-refractivity contribution in [2.45, 2.75) is 0 Å².